The zero-order valence-corrected chi connectivity index (χ0v) is 34.7. The maximum atomic E-state index is 12.2. The minimum absolute atomic E-state index is 0.0207. The van der Waals surface area contributed by atoms with Gasteiger partial charge >= 0.3 is 23.9 Å². The van der Waals surface area contributed by atoms with Crippen LogP contribution in [0.4, 0.5) is 0 Å². The molecule has 0 amide bonds. The topological polar surface area (TPSA) is 125 Å². The molecular formula is C44H72O9. The van der Waals surface area contributed by atoms with Crippen LogP contribution in [-0.2, 0) is 38.1 Å². The van der Waals surface area contributed by atoms with Gasteiger partial charge in [-0.1, -0.05) is 54.4 Å². The van der Waals surface area contributed by atoms with Gasteiger partial charge in [-0.2, -0.15) is 0 Å². The third kappa shape index (κ3) is 9.28. The zero-order valence-electron chi connectivity index (χ0n) is 34.7. The fourth-order valence-corrected chi connectivity index (χ4v) is 10.8. The van der Waals surface area contributed by atoms with Crippen molar-refractivity contribution in [3.63, 3.8) is 0 Å². The number of hydrogen-bond acceptors (Lipinski definition) is 9. The first-order valence-corrected chi connectivity index (χ1v) is 21.3. The highest BCUT2D eigenvalue weighted by atomic mass is 16.6. The highest BCUT2D eigenvalue weighted by molar-refractivity contribution is 5.77. The van der Waals surface area contributed by atoms with Gasteiger partial charge in [-0.3, -0.25) is 19.2 Å². The van der Waals surface area contributed by atoms with Crippen LogP contribution in [0.3, 0.4) is 0 Å². The van der Waals surface area contributed by atoms with Crippen molar-refractivity contribution >= 4 is 23.9 Å². The molecule has 1 heterocycles. The van der Waals surface area contributed by atoms with Gasteiger partial charge in [0.05, 0.1) is 28.8 Å². The Labute approximate surface area is 319 Å². The molecule has 1 saturated heterocycles. The monoisotopic (exact) mass is 745 g/mol. The van der Waals surface area contributed by atoms with Gasteiger partial charge < -0.3 is 24.1 Å². The number of carbonyl (C=O) groups is 4. The first-order chi connectivity index (χ1) is 24.7. The van der Waals surface area contributed by atoms with Gasteiger partial charge in [-0.15, -0.1) is 0 Å². The van der Waals surface area contributed by atoms with Crippen LogP contribution >= 0.6 is 0 Å². The van der Waals surface area contributed by atoms with Gasteiger partial charge in [0.25, 0.3) is 0 Å². The van der Waals surface area contributed by atoms with Crippen molar-refractivity contribution in [2.75, 3.05) is 0 Å². The fraction of sp³-hybridized carbons (Fsp3) is 0.909. The van der Waals surface area contributed by atoms with Crippen molar-refractivity contribution in [2.45, 2.75) is 195 Å². The van der Waals surface area contributed by atoms with E-state index in [1.54, 1.807) is 0 Å². The quantitative estimate of drug-likeness (QED) is 0.173. The fourth-order valence-electron chi connectivity index (χ4n) is 10.8. The van der Waals surface area contributed by atoms with Crippen molar-refractivity contribution < 1.29 is 43.2 Å². The largest absolute Gasteiger partial charge is 0.459 e. The molecule has 9 atom stereocenters. The molecule has 0 aromatic rings. The van der Waals surface area contributed by atoms with Crippen molar-refractivity contribution in [1.82, 2.24) is 0 Å². The average Bonchev–Trinajstić information content (AvgIpc) is 3.72. The summed E-state index contributed by atoms with van der Waals surface area (Å²) in [5.74, 6) is 2.80. The summed E-state index contributed by atoms with van der Waals surface area (Å²) in [5.41, 5.74) is -1.55. The lowest BCUT2D eigenvalue weighted by molar-refractivity contribution is -0.222. The maximum absolute atomic E-state index is 12.2. The molecule has 1 N–H and O–H groups in total. The number of fused-ring (bicyclic) bond motifs is 1. The van der Waals surface area contributed by atoms with Crippen LogP contribution in [0.1, 0.15) is 166 Å². The summed E-state index contributed by atoms with van der Waals surface area (Å²) in [6.07, 6.45) is 14.6. The average molecular weight is 745 g/mol. The van der Waals surface area contributed by atoms with Crippen LogP contribution < -0.4 is 0 Å². The Balaban J connectivity index is 0.000000153. The molecule has 8 rings (SSSR count). The van der Waals surface area contributed by atoms with Crippen LogP contribution in [0.15, 0.2) is 0 Å². The SMILES string of the molecule is CCC(C)(C)C(=O)OC(C)(C)C1CCC(C)CC1.CCC(C)C(=O)OC12CC3CC(CC(O)(C3)C1)C2.CCC(C)C(=O)OC1C2CC3C(=O)OC1C3C2. The summed E-state index contributed by atoms with van der Waals surface area (Å²) in [6, 6.07) is 0. The van der Waals surface area contributed by atoms with Gasteiger partial charge in [0.15, 0.2) is 0 Å². The van der Waals surface area contributed by atoms with E-state index < -0.39 is 5.60 Å². The minimum Gasteiger partial charge on any atom is -0.459 e. The predicted molar refractivity (Wildman–Crippen MR) is 202 cm³/mol. The number of aliphatic hydroxyl groups is 1. The lowest BCUT2D eigenvalue weighted by Gasteiger charge is -2.59. The molecule has 8 fully saturated rings. The standard InChI is InChI=1S/C16H30O2.C15H24O3.C13H18O4/c1-7-15(3,4)14(17)18-16(5,6)13-10-8-12(2)9-11-13;1-3-10(2)13(16)18-15-7-11-4-12(8-15)6-14(17,5-11)9-15;1-3-6(2)12(14)16-10-7-4-8-9(5-7)13(15)17-11(8)10/h12-13H,7-11H2,1-6H3;10-12,17H,3-9H2,1-2H3;6-11H,3-5H2,1-2H3. The lowest BCUT2D eigenvalue weighted by Crippen LogP contribution is -2.60. The maximum Gasteiger partial charge on any atom is 0.312 e. The first-order valence-electron chi connectivity index (χ1n) is 21.3. The Morgan fingerprint density at radius 3 is 2.00 bits per heavy atom. The number of ether oxygens (including phenoxy) is 4. The van der Waals surface area contributed by atoms with Crippen molar-refractivity contribution in [1.29, 1.82) is 0 Å². The van der Waals surface area contributed by atoms with E-state index in [4.69, 9.17) is 18.9 Å². The number of carbonyl (C=O) groups excluding carboxylic acids is 4. The molecular weight excluding hydrogens is 672 g/mol. The Hall–Kier alpha value is -2.16. The molecule has 0 spiro atoms. The molecule has 302 valence electrons. The molecule has 0 aromatic carbocycles. The second-order valence-corrected chi connectivity index (χ2v) is 19.9. The second-order valence-electron chi connectivity index (χ2n) is 19.9. The van der Waals surface area contributed by atoms with E-state index in [-0.39, 0.29) is 70.5 Å². The number of rotatable bonds is 10. The third-order valence-electron chi connectivity index (χ3n) is 14.8. The Bertz CT molecular complexity index is 1310. The summed E-state index contributed by atoms with van der Waals surface area (Å²) >= 11 is 0. The molecule has 9 unspecified atom stereocenters. The van der Waals surface area contributed by atoms with Crippen molar-refractivity contribution in [3.05, 3.63) is 0 Å². The molecule has 7 saturated carbocycles. The highest BCUT2D eigenvalue weighted by Crippen LogP contribution is 2.59. The van der Waals surface area contributed by atoms with Crippen LogP contribution in [0.2, 0.25) is 0 Å². The van der Waals surface area contributed by atoms with Crippen LogP contribution in [0, 0.1) is 58.7 Å². The Morgan fingerprint density at radius 2 is 1.45 bits per heavy atom. The van der Waals surface area contributed by atoms with Crippen molar-refractivity contribution in [3.8, 4) is 0 Å². The summed E-state index contributed by atoms with van der Waals surface area (Å²) in [6.45, 7) is 20.2. The molecule has 9 heteroatoms. The summed E-state index contributed by atoms with van der Waals surface area (Å²) in [7, 11) is 0. The number of hydrogen-bond donors (Lipinski definition) is 1. The van der Waals surface area contributed by atoms with E-state index in [0.29, 0.717) is 36.0 Å². The van der Waals surface area contributed by atoms with E-state index in [9.17, 15) is 24.3 Å². The third-order valence-corrected chi connectivity index (χ3v) is 14.8. The number of esters is 4. The first kappa shape index (κ1) is 42.0. The van der Waals surface area contributed by atoms with Gasteiger partial charge in [-0.25, -0.2) is 0 Å². The molecule has 8 aliphatic rings. The minimum atomic E-state index is -0.542. The van der Waals surface area contributed by atoms with Crippen LogP contribution in [0.5, 0.6) is 0 Å². The molecule has 0 radical (unpaired) electrons. The lowest BCUT2D eigenvalue weighted by atomic mass is 9.52. The zero-order chi connectivity index (χ0) is 39.1. The van der Waals surface area contributed by atoms with E-state index in [0.717, 1.165) is 63.7 Å². The van der Waals surface area contributed by atoms with E-state index >= 15 is 0 Å². The van der Waals surface area contributed by atoms with Crippen LogP contribution in [-0.4, -0.2) is 58.0 Å². The van der Waals surface area contributed by atoms with Gasteiger partial charge in [0, 0.05) is 18.3 Å². The molecule has 1 aliphatic heterocycles. The van der Waals surface area contributed by atoms with Gasteiger partial charge in [0.2, 0.25) is 0 Å². The van der Waals surface area contributed by atoms with Gasteiger partial charge in [-0.05, 0) is 128 Å². The molecule has 53 heavy (non-hydrogen) atoms. The highest BCUT2D eigenvalue weighted by Gasteiger charge is 2.63. The summed E-state index contributed by atoms with van der Waals surface area (Å²) < 4.78 is 22.6. The van der Waals surface area contributed by atoms with E-state index in [1.165, 1.54) is 32.1 Å². The predicted octanol–water partition coefficient (Wildman–Crippen LogP) is 8.76. The summed E-state index contributed by atoms with van der Waals surface area (Å²) in [4.78, 5) is 47.6. The smallest absolute Gasteiger partial charge is 0.312 e. The molecule has 7 aliphatic carbocycles. The van der Waals surface area contributed by atoms with Crippen molar-refractivity contribution in [2.24, 2.45) is 58.7 Å². The molecule has 0 aromatic heterocycles. The van der Waals surface area contributed by atoms with Gasteiger partial charge in [0.1, 0.15) is 23.4 Å². The molecule has 9 nitrogen and oxygen atoms in total. The Kier molecular flexibility index (Phi) is 12.8. The Morgan fingerprint density at radius 1 is 0.868 bits per heavy atom. The normalized spacial score (nSPS) is 38.8. The summed E-state index contributed by atoms with van der Waals surface area (Å²) in [5, 5.41) is 10.6. The van der Waals surface area contributed by atoms with E-state index in [1.807, 2.05) is 48.5 Å². The van der Waals surface area contributed by atoms with Crippen LogP contribution in [0.25, 0.3) is 0 Å². The second kappa shape index (κ2) is 16.1. The van der Waals surface area contributed by atoms with E-state index in [2.05, 4.69) is 20.8 Å². The molecule has 6 bridgehead atoms.